The van der Waals surface area contributed by atoms with Crippen LogP contribution >= 0.6 is 11.6 Å². The predicted molar refractivity (Wildman–Crippen MR) is 67.4 cm³/mol. The van der Waals surface area contributed by atoms with Crippen molar-refractivity contribution in [2.75, 3.05) is 0 Å². The number of alkyl carbamates (subject to hydrolysis) is 1. The van der Waals surface area contributed by atoms with Crippen LogP contribution in [0.5, 0.6) is 0 Å². The zero-order valence-electron chi connectivity index (χ0n) is 9.98. The van der Waals surface area contributed by atoms with Gasteiger partial charge in [0.25, 0.3) is 0 Å². The second kappa shape index (κ2) is 5.40. The number of hydrogen-bond donors (Lipinski definition) is 1. The summed E-state index contributed by atoms with van der Waals surface area (Å²) < 4.78 is 5.20. The van der Waals surface area contributed by atoms with Crippen LogP contribution in [0, 0.1) is 0 Å². The molecule has 2 atom stereocenters. The van der Waals surface area contributed by atoms with Crippen molar-refractivity contribution < 1.29 is 14.3 Å². The van der Waals surface area contributed by atoms with E-state index in [9.17, 15) is 9.59 Å². The van der Waals surface area contributed by atoms with Crippen LogP contribution in [-0.2, 0) is 16.0 Å². The summed E-state index contributed by atoms with van der Waals surface area (Å²) in [5.41, 5.74) is 1.94. The van der Waals surface area contributed by atoms with Crippen LogP contribution in [0.15, 0.2) is 24.3 Å². The molecule has 0 aliphatic carbocycles. The maximum absolute atomic E-state index is 11.1. The Hall–Kier alpha value is -1.55. The summed E-state index contributed by atoms with van der Waals surface area (Å²) in [7, 11) is 0. The topological polar surface area (TPSA) is 55.4 Å². The molecule has 1 fully saturated rings. The average molecular weight is 268 g/mol. The molecule has 96 valence electrons. The highest BCUT2D eigenvalue weighted by Gasteiger charge is 2.31. The van der Waals surface area contributed by atoms with Gasteiger partial charge in [0.2, 0.25) is 5.24 Å². The van der Waals surface area contributed by atoms with E-state index in [2.05, 4.69) is 5.32 Å². The largest absolute Gasteiger partial charge is 0.439 e. The maximum Gasteiger partial charge on any atom is 0.408 e. The van der Waals surface area contributed by atoms with Gasteiger partial charge in [0.05, 0.1) is 6.04 Å². The number of rotatable bonds is 4. The standard InChI is InChI=1S/C13H14ClNO3/c1-8-12(18-13(17)15-8)10-4-2-3-9(7-10)5-6-11(14)16/h2-4,7-8,12H,5-6H2,1H3,(H,15,17)/t8-,12-/m1/s1. The third-order valence-electron chi connectivity index (χ3n) is 2.92. The minimum Gasteiger partial charge on any atom is -0.439 e. The lowest BCUT2D eigenvalue weighted by atomic mass is 10.00. The molecule has 18 heavy (non-hydrogen) atoms. The monoisotopic (exact) mass is 267 g/mol. The molecule has 0 radical (unpaired) electrons. The lowest BCUT2D eigenvalue weighted by molar-refractivity contribution is -0.111. The molecule has 2 rings (SSSR count). The molecule has 1 amide bonds. The number of carbonyl (C=O) groups is 2. The quantitative estimate of drug-likeness (QED) is 0.853. The highest BCUT2D eigenvalue weighted by atomic mass is 35.5. The van der Waals surface area contributed by atoms with Crippen molar-refractivity contribution >= 4 is 22.9 Å². The number of ether oxygens (including phenoxy) is 1. The summed E-state index contributed by atoms with van der Waals surface area (Å²) in [6, 6.07) is 7.62. The molecule has 0 unspecified atom stereocenters. The summed E-state index contributed by atoms with van der Waals surface area (Å²) in [5.74, 6) is 0. The van der Waals surface area contributed by atoms with Gasteiger partial charge < -0.3 is 10.1 Å². The van der Waals surface area contributed by atoms with Gasteiger partial charge in [0.1, 0.15) is 6.10 Å². The normalized spacial score (nSPS) is 22.4. The Morgan fingerprint density at radius 3 is 2.89 bits per heavy atom. The molecular weight excluding hydrogens is 254 g/mol. The molecule has 1 N–H and O–H groups in total. The number of amides is 1. The first-order valence-corrected chi connectivity index (χ1v) is 6.18. The molecule has 0 spiro atoms. The van der Waals surface area contributed by atoms with E-state index in [1.165, 1.54) is 0 Å². The van der Waals surface area contributed by atoms with Crippen molar-refractivity contribution in [2.24, 2.45) is 0 Å². The summed E-state index contributed by atoms with van der Waals surface area (Å²) in [5, 5.41) is 2.35. The van der Waals surface area contributed by atoms with E-state index in [1.54, 1.807) is 0 Å². The third kappa shape index (κ3) is 3.01. The molecule has 1 saturated heterocycles. The van der Waals surface area contributed by atoms with Gasteiger partial charge in [-0.2, -0.15) is 0 Å². The first-order valence-electron chi connectivity index (χ1n) is 5.80. The van der Waals surface area contributed by atoms with Gasteiger partial charge in [-0.3, -0.25) is 4.79 Å². The van der Waals surface area contributed by atoms with Crippen LogP contribution in [0.1, 0.15) is 30.6 Å². The van der Waals surface area contributed by atoms with Crippen molar-refractivity contribution in [1.82, 2.24) is 5.32 Å². The number of halogens is 1. The molecule has 0 bridgehead atoms. The Morgan fingerprint density at radius 1 is 1.50 bits per heavy atom. The minimum atomic E-state index is -0.395. The lowest BCUT2D eigenvalue weighted by Crippen LogP contribution is -2.23. The Kier molecular flexibility index (Phi) is 3.87. The number of nitrogens with one attached hydrogen (secondary N) is 1. The van der Waals surface area contributed by atoms with E-state index in [0.717, 1.165) is 11.1 Å². The molecule has 1 aromatic carbocycles. The molecule has 1 aliphatic heterocycles. The molecule has 1 aliphatic rings. The van der Waals surface area contributed by atoms with Crippen molar-refractivity contribution in [3.8, 4) is 0 Å². The van der Waals surface area contributed by atoms with Gasteiger partial charge in [-0.05, 0) is 36.1 Å². The van der Waals surface area contributed by atoms with Crippen molar-refractivity contribution in [3.63, 3.8) is 0 Å². The Bertz CT molecular complexity index is 475. The van der Waals surface area contributed by atoms with E-state index < -0.39 is 6.09 Å². The van der Waals surface area contributed by atoms with Crippen molar-refractivity contribution in [3.05, 3.63) is 35.4 Å². The van der Waals surface area contributed by atoms with E-state index in [0.29, 0.717) is 12.8 Å². The van der Waals surface area contributed by atoms with Gasteiger partial charge in [0.15, 0.2) is 0 Å². The van der Waals surface area contributed by atoms with Gasteiger partial charge in [-0.1, -0.05) is 24.3 Å². The van der Waals surface area contributed by atoms with E-state index in [4.69, 9.17) is 16.3 Å². The molecule has 0 aromatic heterocycles. The van der Waals surface area contributed by atoms with Crippen LogP contribution in [-0.4, -0.2) is 17.4 Å². The summed E-state index contributed by atoms with van der Waals surface area (Å²) >= 11 is 5.32. The van der Waals surface area contributed by atoms with E-state index in [-0.39, 0.29) is 17.4 Å². The Balaban J connectivity index is 2.11. The van der Waals surface area contributed by atoms with Gasteiger partial charge in [-0.15, -0.1) is 0 Å². The van der Waals surface area contributed by atoms with E-state index in [1.807, 2.05) is 31.2 Å². The van der Waals surface area contributed by atoms with E-state index >= 15 is 0 Å². The highest BCUT2D eigenvalue weighted by Crippen LogP contribution is 2.26. The fourth-order valence-electron chi connectivity index (χ4n) is 2.04. The highest BCUT2D eigenvalue weighted by molar-refractivity contribution is 6.63. The zero-order chi connectivity index (χ0) is 13.1. The maximum atomic E-state index is 11.1. The summed E-state index contributed by atoms with van der Waals surface area (Å²) in [6.07, 6.45) is 0.236. The fourth-order valence-corrected chi connectivity index (χ4v) is 2.13. The van der Waals surface area contributed by atoms with Crippen molar-refractivity contribution in [1.29, 1.82) is 0 Å². The lowest BCUT2D eigenvalue weighted by Gasteiger charge is -2.14. The Morgan fingerprint density at radius 2 is 2.28 bits per heavy atom. The molecule has 0 saturated carbocycles. The predicted octanol–water partition coefficient (Wildman–Crippen LogP) is 2.55. The fraction of sp³-hybridized carbons (Fsp3) is 0.385. The third-order valence-corrected chi connectivity index (χ3v) is 3.11. The minimum absolute atomic E-state index is 0.0533. The number of cyclic esters (lactones) is 1. The smallest absolute Gasteiger partial charge is 0.408 e. The Labute approximate surface area is 110 Å². The number of hydrogen-bond acceptors (Lipinski definition) is 3. The number of carbonyl (C=O) groups excluding carboxylic acids is 2. The molecule has 1 aromatic rings. The first-order chi connectivity index (χ1) is 8.56. The second-order valence-electron chi connectivity index (χ2n) is 4.36. The number of benzene rings is 1. The molecule has 1 heterocycles. The molecule has 4 nitrogen and oxygen atoms in total. The van der Waals surface area contributed by atoms with Gasteiger partial charge in [-0.25, -0.2) is 4.79 Å². The average Bonchev–Trinajstić information content (AvgIpc) is 2.66. The van der Waals surface area contributed by atoms with Crippen LogP contribution < -0.4 is 5.32 Å². The van der Waals surface area contributed by atoms with Gasteiger partial charge >= 0.3 is 6.09 Å². The second-order valence-corrected chi connectivity index (χ2v) is 4.78. The zero-order valence-corrected chi connectivity index (χ0v) is 10.7. The van der Waals surface area contributed by atoms with Crippen molar-refractivity contribution in [2.45, 2.75) is 31.9 Å². The number of aryl methyl sites for hydroxylation is 1. The SMILES string of the molecule is C[C@H]1NC(=O)O[C@H]1c1cccc(CCC(=O)Cl)c1. The van der Waals surface area contributed by atoms with Crippen LogP contribution in [0.25, 0.3) is 0 Å². The van der Waals surface area contributed by atoms with Gasteiger partial charge in [0, 0.05) is 6.42 Å². The summed E-state index contributed by atoms with van der Waals surface area (Å²) in [4.78, 5) is 21.9. The molecule has 5 heteroatoms. The first kappa shape index (κ1) is 12.9. The summed E-state index contributed by atoms with van der Waals surface area (Å²) in [6.45, 7) is 1.89. The van der Waals surface area contributed by atoms with Crippen LogP contribution in [0.3, 0.4) is 0 Å². The molecular formula is C13H14ClNO3. The van der Waals surface area contributed by atoms with Crippen LogP contribution in [0.2, 0.25) is 0 Å². The van der Waals surface area contributed by atoms with Crippen LogP contribution in [0.4, 0.5) is 4.79 Å².